The summed E-state index contributed by atoms with van der Waals surface area (Å²) >= 11 is 9.02. The van der Waals surface area contributed by atoms with Crippen LogP contribution >= 0.6 is 27.5 Å². The van der Waals surface area contributed by atoms with Crippen LogP contribution in [-0.4, -0.2) is 11.0 Å². The fourth-order valence-electron chi connectivity index (χ4n) is 1.69. The Labute approximate surface area is 140 Å². The molecule has 0 aromatic heterocycles. The Kier molecular flexibility index (Phi) is 5.21. The number of carbonyl (C=O) groups excluding carboxylic acids is 1. The van der Waals surface area contributed by atoms with Gasteiger partial charge in [0, 0.05) is 10.7 Å². The molecule has 0 atom stereocenters. The molecule has 2 N–H and O–H groups in total. The molecule has 22 heavy (non-hydrogen) atoms. The van der Waals surface area contributed by atoms with E-state index in [4.69, 9.17) is 16.9 Å². The van der Waals surface area contributed by atoms with Crippen molar-refractivity contribution in [1.82, 2.24) is 0 Å². The van der Waals surface area contributed by atoms with Gasteiger partial charge in [0.25, 0.3) is 5.91 Å². The zero-order chi connectivity index (χ0) is 16.1. The van der Waals surface area contributed by atoms with E-state index in [-0.39, 0.29) is 11.3 Å². The van der Waals surface area contributed by atoms with Gasteiger partial charge in [-0.25, -0.2) is 0 Å². The van der Waals surface area contributed by atoms with Crippen LogP contribution in [0.2, 0.25) is 5.02 Å². The molecular weight excluding hydrogens is 368 g/mol. The molecule has 6 heteroatoms. The Bertz CT molecular complexity index is 797. The summed E-state index contributed by atoms with van der Waals surface area (Å²) in [6, 6.07) is 13.2. The second-order valence-electron chi connectivity index (χ2n) is 4.35. The molecule has 0 aliphatic rings. The predicted octanol–water partition coefficient (Wildman–Crippen LogP) is 4.35. The van der Waals surface area contributed by atoms with Crippen LogP contribution in [-0.2, 0) is 4.79 Å². The molecule has 2 aromatic carbocycles. The fourth-order valence-corrected chi connectivity index (χ4v) is 2.28. The summed E-state index contributed by atoms with van der Waals surface area (Å²) in [4.78, 5) is 12.1. The lowest BCUT2D eigenvalue weighted by atomic mass is 10.1. The molecular formula is C16H10BrClN2O2. The van der Waals surface area contributed by atoms with E-state index < -0.39 is 5.91 Å². The third-order valence-electron chi connectivity index (χ3n) is 2.73. The van der Waals surface area contributed by atoms with Gasteiger partial charge in [0.1, 0.15) is 17.4 Å². The van der Waals surface area contributed by atoms with Gasteiger partial charge >= 0.3 is 0 Å². The molecule has 2 rings (SSSR count). The second kappa shape index (κ2) is 7.12. The van der Waals surface area contributed by atoms with Crippen LogP contribution in [0.4, 0.5) is 5.69 Å². The average molecular weight is 378 g/mol. The average Bonchev–Trinajstić information content (AvgIpc) is 2.48. The Morgan fingerprint density at radius 1 is 1.32 bits per heavy atom. The highest BCUT2D eigenvalue weighted by molar-refractivity contribution is 9.10. The molecule has 0 heterocycles. The van der Waals surface area contributed by atoms with Gasteiger partial charge in [0.05, 0.1) is 4.47 Å². The van der Waals surface area contributed by atoms with Gasteiger partial charge in [-0.15, -0.1) is 0 Å². The van der Waals surface area contributed by atoms with Crippen LogP contribution in [0.1, 0.15) is 5.56 Å². The summed E-state index contributed by atoms with van der Waals surface area (Å²) in [5.74, 6) is -0.451. The van der Waals surface area contributed by atoms with Crippen molar-refractivity contribution in [3.8, 4) is 11.8 Å². The Hall–Kier alpha value is -2.29. The maximum atomic E-state index is 12.1. The number of halogens is 2. The normalized spacial score (nSPS) is 10.9. The quantitative estimate of drug-likeness (QED) is 0.617. The molecule has 110 valence electrons. The van der Waals surface area contributed by atoms with Gasteiger partial charge in [0.15, 0.2) is 0 Å². The topological polar surface area (TPSA) is 73.1 Å². The van der Waals surface area contributed by atoms with Crippen molar-refractivity contribution in [2.45, 2.75) is 0 Å². The van der Waals surface area contributed by atoms with E-state index in [9.17, 15) is 9.90 Å². The molecule has 2 aromatic rings. The highest BCUT2D eigenvalue weighted by Crippen LogP contribution is 2.25. The van der Waals surface area contributed by atoms with E-state index in [0.717, 1.165) is 0 Å². The first kappa shape index (κ1) is 16.1. The standard InChI is InChI=1S/C16H10BrClN2O2/c17-14-7-10(4-5-15(14)21)6-11(9-19)16(22)20-13-3-1-2-12(18)8-13/h1-8,21H,(H,20,22). The number of hydrogen-bond donors (Lipinski definition) is 2. The van der Waals surface area contributed by atoms with E-state index >= 15 is 0 Å². The number of phenolic OH excluding ortho intramolecular Hbond substituents is 1. The highest BCUT2D eigenvalue weighted by atomic mass is 79.9. The van der Waals surface area contributed by atoms with Crippen LogP contribution < -0.4 is 5.32 Å². The molecule has 0 radical (unpaired) electrons. The molecule has 0 saturated carbocycles. The van der Waals surface area contributed by atoms with Crippen molar-refractivity contribution in [3.63, 3.8) is 0 Å². The monoisotopic (exact) mass is 376 g/mol. The molecule has 0 unspecified atom stereocenters. The second-order valence-corrected chi connectivity index (χ2v) is 5.64. The minimum atomic E-state index is -0.533. The Balaban J connectivity index is 2.23. The van der Waals surface area contributed by atoms with Crippen molar-refractivity contribution in [2.24, 2.45) is 0 Å². The number of hydrogen-bond acceptors (Lipinski definition) is 3. The zero-order valence-corrected chi connectivity index (χ0v) is 13.5. The minimum Gasteiger partial charge on any atom is -0.507 e. The highest BCUT2D eigenvalue weighted by Gasteiger charge is 2.10. The maximum Gasteiger partial charge on any atom is 0.266 e. The first-order valence-electron chi connectivity index (χ1n) is 6.17. The van der Waals surface area contributed by atoms with Gasteiger partial charge in [-0.3, -0.25) is 4.79 Å². The number of nitriles is 1. The molecule has 0 aliphatic carbocycles. The van der Waals surface area contributed by atoms with Crippen molar-refractivity contribution in [2.75, 3.05) is 5.32 Å². The van der Waals surface area contributed by atoms with Crippen molar-refractivity contribution >= 4 is 45.2 Å². The summed E-state index contributed by atoms with van der Waals surface area (Å²) < 4.78 is 0.480. The maximum absolute atomic E-state index is 12.1. The van der Waals surface area contributed by atoms with E-state index in [2.05, 4.69) is 21.2 Å². The van der Waals surface area contributed by atoms with E-state index in [0.29, 0.717) is 20.7 Å². The number of aromatic hydroxyl groups is 1. The van der Waals surface area contributed by atoms with Crippen LogP contribution in [0.5, 0.6) is 5.75 Å². The lowest BCUT2D eigenvalue weighted by molar-refractivity contribution is -0.112. The van der Waals surface area contributed by atoms with Crippen molar-refractivity contribution in [1.29, 1.82) is 5.26 Å². The van der Waals surface area contributed by atoms with Gasteiger partial charge in [-0.05, 0) is 57.9 Å². The first-order valence-corrected chi connectivity index (χ1v) is 7.34. The first-order chi connectivity index (χ1) is 10.5. The van der Waals surface area contributed by atoms with Crippen LogP contribution in [0.25, 0.3) is 6.08 Å². The van der Waals surface area contributed by atoms with Gasteiger partial charge in [-0.1, -0.05) is 23.7 Å². The molecule has 0 saturated heterocycles. The van der Waals surface area contributed by atoms with Crippen LogP contribution in [0.3, 0.4) is 0 Å². The van der Waals surface area contributed by atoms with Crippen LogP contribution in [0.15, 0.2) is 52.5 Å². The van der Waals surface area contributed by atoms with E-state index in [1.54, 1.807) is 36.4 Å². The predicted molar refractivity (Wildman–Crippen MR) is 89.5 cm³/mol. The van der Waals surface area contributed by atoms with Gasteiger partial charge in [-0.2, -0.15) is 5.26 Å². The van der Waals surface area contributed by atoms with E-state index in [1.165, 1.54) is 12.1 Å². The number of anilines is 1. The molecule has 4 nitrogen and oxygen atoms in total. The molecule has 0 bridgehead atoms. The van der Waals surface area contributed by atoms with Gasteiger partial charge < -0.3 is 10.4 Å². The zero-order valence-electron chi connectivity index (χ0n) is 11.2. The Morgan fingerprint density at radius 3 is 2.73 bits per heavy atom. The lowest BCUT2D eigenvalue weighted by Crippen LogP contribution is -2.13. The molecule has 0 fully saturated rings. The summed E-state index contributed by atoms with van der Waals surface area (Å²) in [6.07, 6.45) is 1.43. The SMILES string of the molecule is N#CC(=Cc1ccc(O)c(Br)c1)C(=O)Nc1cccc(Cl)c1. The lowest BCUT2D eigenvalue weighted by Gasteiger charge is -2.05. The molecule has 0 aliphatic heterocycles. The van der Waals surface area contributed by atoms with Crippen molar-refractivity contribution < 1.29 is 9.90 Å². The third-order valence-corrected chi connectivity index (χ3v) is 3.60. The number of amides is 1. The molecule has 0 spiro atoms. The fraction of sp³-hybridized carbons (Fsp3) is 0. The summed E-state index contributed by atoms with van der Waals surface area (Å²) in [7, 11) is 0. The summed E-state index contributed by atoms with van der Waals surface area (Å²) in [5.41, 5.74) is 1.06. The van der Waals surface area contributed by atoms with Crippen LogP contribution in [0, 0.1) is 11.3 Å². The number of benzene rings is 2. The Morgan fingerprint density at radius 2 is 2.09 bits per heavy atom. The number of nitrogens with zero attached hydrogens (tertiary/aromatic N) is 1. The summed E-state index contributed by atoms with van der Waals surface area (Å²) in [6.45, 7) is 0. The third kappa shape index (κ3) is 4.10. The number of carbonyl (C=O) groups is 1. The smallest absolute Gasteiger partial charge is 0.266 e. The largest absolute Gasteiger partial charge is 0.507 e. The minimum absolute atomic E-state index is 0.0578. The van der Waals surface area contributed by atoms with E-state index in [1.807, 2.05) is 6.07 Å². The van der Waals surface area contributed by atoms with Crippen molar-refractivity contribution in [3.05, 3.63) is 63.1 Å². The number of rotatable bonds is 3. The summed E-state index contributed by atoms with van der Waals surface area (Å²) in [5, 5.41) is 21.7. The van der Waals surface area contributed by atoms with Gasteiger partial charge in [0.2, 0.25) is 0 Å². The molecule has 1 amide bonds. The number of nitrogens with one attached hydrogen (secondary N) is 1. The number of phenols is 1.